The number of carbonyl (C=O) groups excluding carboxylic acids is 1. The van der Waals surface area contributed by atoms with E-state index >= 15 is 0 Å². The van der Waals surface area contributed by atoms with Gasteiger partial charge in [-0.05, 0) is 24.5 Å². The van der Waals surface area contributed by atoms with Gasteiger partial charge in [0.15, 0.2) is 5.75 Å². The van der Waals surface area contributed by atoms with E-state index in [9.17, 15) is 4.79 Å². The van der Waals surface area contributed by atoms with Crippen molar-refractivity contribution in [3.63, 3.8) is 0 Å². The molecule has 3 heteroatoms. The van der Waals surface area contributed by atoms with Crippen molar-refractivity contribution >= 4 is 5.97 Å². The van der Waals surface area contributed by atoms with Crippen LogP contribution in [0.3, 0.4) is 0 Å². The number of rotatable bonds is 10. The fourth-order valence-corrected chi connectivity index (χ4v) is 2.01. The van der Waals surface area contributed by atoms with Crippen LogP contribution in [0.25, 0.3) is 0 Å². The minimum atomic E-state index is -0.584. The number of carbonyl (C=O) groups is 1. The highest BCUT2D eigenvalue weighted by molar-refractivity contribution is 5.80. The summed E-state index contributed by atoms with van der Waals surface area (Å²) in [6, 6.07) is 7.64. The van der Waals surface area contributed by atoms with E-state index in [1.165, 1.54) is 32.1 Å². The predicted molar refractivity (Wildman–Crippen MR) is 80.4 cm³/mol. The Morgan fingerprint density at radius 3 is 2.60 bits per heavy atom. The average molecular weight is 276 g/mol. The van der Waals surface area contributed by atoms with Crippen molar-refractivity contribution in [1.82, 2.24) is 0 Å². The first-order valence-electron chi connectivity index (χ1n) is 7.36. The molecule has 0 aliphatic heterocycles. The normalized spacial score (nSPS) is 10.1. The molecule has 110 valence electrons. The van der Waals surface area contributed by atoms with Crippen molar-refractivity contribution < 1.29 is 14.6 Å². The Morgan fingerprint density at radius 1 is 1.15 bits per heavy atom. The number of benzene rings is 1. The molecule has 0 radical (unpaired) electrons. The van der Waals surface area contributed by atoms with Crippen molar-refractivity contribution in [2.45, 2.75) is 51.9 Å². The SMILES string of the molecule is C=CC(=O)OOc1ccccc1CCCCCCCC. The summed E-state index contributed by atoms with van der Waals surface area (Å²) in [6.07, 6.45) is 9.54. The maximum Gasteiger partial charge on any atom is 0.378 e. The summed E-state index contributed by atoms with van der Waals surface area (Å²) in [4.78, 5) is 20.7. The molecule has 1 rings (SSSR count). The van der Waals surface area contributed by atoms with E-state index in [4.69, 9.17) is 4.89 Å². The second-order valence-corrected chi connectivity index (χ2v) is 4.82. The molecule has 0 spiro atoms. The molecule has 0 amide bonds. The van der Waals surface area contributed by atoms with Crippen LogP contribution in [0, 0.1) is 0 Å². The summed E-state index contributed by atoms with van der Waals surface area (Å²) in [5.74, 6) is 0.0237. The summed E-state index contributed by atoms with van der Waals surface area (Å²) in [7, 11) is 0. The summed E-state index contributed by atoms with van der Waals surface area (Å²) in [6.45, 7) is 5.55. The lowest BCUT2D eigenvalue weighted by molar-refractivity contribution is -0.207. The molecular formula is C17H24O3. The topological polar surface area (TPSA) is 35.5 Å². The lowest BCUT2D eigenvalue weighted by Gasteiger charge is -2.08. The zero-order valence-corrected chi connectivity index (χ0v) is 12.3. The van der Waals surface area contributed by atoms with Crippen LogP contribution in [0.1, 0.15) is 51.0 Å². The largest absolute Gasteiger partial charge is 0.378 e. The Morgan fingerprint density at radius 2 is 1.85 bits per heavy atom. The molecule has 1 aromatic carbocycles. The van der Waals surface area contributed by atoms with Gasteiger partial charge in [-0.15, -0.1) is 0 Å². The van der Waals surface area contributed by atoms with Gasteiger partial charge in [0.2, 0.25) is 0 Å². The van der Waals surface area contributed by atoms with E-state index in [0.717, 1.165) is 24.5 Å². The Hall–Kier alpha value is -1.77. The summed E-state index contributed by atoms with van der Waals surface area (Å²) < 4.78 is 0. The van der Waals surface area contributed by atoms with Gasteiger partial charge < -0.3 is 0 Å². The molecule has 1 aromatic rings. The first-order valence-corrected chi connectivity index (χ1v) is 7.36. The fourth-order valence-electron chi connectivity index (χ4n) is 2.01. The van der Waals surface area contributed by atoms with Crippen molar-refractivity contribution in [3.8, 4) is 5.75 Å². The highest BCUT2D eigenvalue weighted by atomic mass is 17.2. The van der Waals surface area contributed by atoms with Crippen LogP contribution < -0.4 is 4.89 Å². The van der Waals surface area contributed by atoms with Crippen LogP contribution in [0.5, 0.6) is 5.75 Å². The molecule has 0 atom stereocenters. The number of para-hydroxylation sites is 1. The lowest BCUT2D eigenvalue weighted by Crippen LogP contribution is -2.05. The number of aryl methyl sites for hydroxylation is 1. The van der Waals surface area contributed by atoms with Gasteiger partial charge in [-0.1, -0.05) is 63.8 Å². The second kappa shape index (κ2) is 10.1. The molecule has 0 N–H and O–H groups in total. The summed E-state index contributed by atoms with van der Waals surface area (Å²) in [5, 5.41) is 0. The molecule has 0 aromatic heterocycles. The van der Waals surface area contributed by atoms with Gasteiger partial charge in [0.05, 0.1) is 0 Å². The summed E-state index contributed by atoms with van der Waals surface area (Å²) in [5.41, 5.74) is 1.07. The standard InChI is InChI=1S/C17H24O3/c1-3-5-6-7-8-9-12-15-13-10-11-14-16(15)19-20-17(18)4-2/h4,10-11,13-14H,2-3,5-9,12H2,1H3. The molecule has 0 fully saturated rings. The maximum atomic E-state index is 11.0. The highest BCUT2D eigenvalue weighted by Crippen LogP contribution is 2.21. The third-order valence-electron chi connectivity index (χ3n) is 3.15. The van der Waals surface area contributed by atoms with Gasteiger partial charge in [-0.3, -0.25) is 4.89 Å². The Balaban J connectivity index is 2.36. The van der Waals surface area contributed by atoms with Crippen molar-refractivity contribution in [2.24, 2.45) is 0 Å². The number of hydrogen-bond donors (Lipinski definition) is 0. The van der Waals surface area contributed by atoms with E-state index in [1.54, 1.807) is 0 Å². The minimum Gasteiger partial charge on any atom is -0.286 e. The Labute approximate surface area is 121 Å². The molecule has 0 heterocycles. The molecule has 0 aliphatic carbocycles. The van der Waals surface area contributed by atoms with Crippen LogP contribution in [0.2, 0.25) is 0 Å². The predicted octanol–water partition coefficient (Wildman–Crippen LogP) is 4.61. The Kier molecular flexibility index (Phi) is 8.20. The lowest BCUT2D eigenvalue weighted by atomic mass is 10.0. The van der Waals surface area contributed by atoms with Gasteiger partial charge in [0.25, 0.3) is 0 Å². The van der Waals surface area contributed by atoms with E-state index in [2.05, 4.69) is 18.4 Å². The van der Waals surface area contributed by atoms with Crippen LogP contribution in [-0.2, 0) is 16.1 Å². The van der Waals surface area contributed by atoms with Gasteiger partial charge in [0.1, 0.15) is 0 Å². The van der Waals surface area contributed by atoms with E-state index in [1.807, 2.05) is 24.3 Å². The van der Waals surface area contributed by atoms with Crippen LogP contribution >= 0.6 is 0 Å². The summed E-state index contributed by atoms with van der Waals surface area (Å²) >= 11 is 0. The fraction of sp³-hybridized carbons (Fsp3) is 0.471. The van der Waals surface area contributed by atoms with Gasteiger partial charge in [-0.25, -0.2) is 9.68 Å². The van der Waals surface area contributed by atoms with E-state index in [-0.39, 0.29) is 0 Å². The quantitative estimate of drug-likeness (QED) is 0.271. The third kappa shape index (κ3) is 6.41. The monoisotopic (exact) mass is 276 g/mol. The van der Waals surface area contributed by atoms with Crippen molar-refractivity contribution in [3.05, 3.63) is 42.5 Å². The molecule has 0 unspecified atom stereocenters. The zero-order valence-electron chi connectivity index (χ0n) is 12.3. The van der Waals surface area contributed by atoms with Crippen molar-refractivity contribution in [1.29, 1.82) is 0 Å². The van der Waals surface area contributed by atoms with Crippen LogP contribution in [-0.4, -0.2) is 5.97 Å². The smallest absolute Gasteiger partial charge is 0.286 e. The zero-order chi connectivity index (χ0) is 14.6. The van der Waals surface area contributed by atoms with Crippen LogP contribution in [0.4, 0.5) is 0 Å². The maximum absolute atomic E-state index is 11.0. The minimum absolute atomic E-state index is 0.584. The van der Waals surface area contributed by atoms with Crippen LogP contribution in [0.15, 0.2) is 36.9 Å². The number of hydrogen-bond acceptors (Lipinski definition) is 3. The average Bonchev–Trinajstić information content (AvgIpc) is 2.49. The first-order chi connectivity index (χ1) is 9.77. The molecular weight excluding hydrogens is 252 g/mol. The van der Waals surface area contributed by atoms with Gasteiger partial charge in [0, 0.05) is 6.08 Å². The molecule has 3 nitrogen and oxygen atoms in total. The second-order valence-electron chi connectivity index (χ2n) is 4.82. The molecule has 0 bridgehead atoms. The van der Waals surface area contributed by atoms with E-state index < -0.39 is 5.97 Å². The number of unbranched alkanes of at least 4 members (excludes halogenated alkanes) is 5. The highest BCUT2D eigenvalue weighted by Gasteiger charge is 2.06. The van der Waals surface area contributed by atoms with E-state index in [0.29, 0.717) is 5.75 Å². The third-order valence-corrected chi connectivity index (χ3v) is 3.15. The molecule has 0 saturated heterocycles. The first kappa shape index (κ1) is 16.3. The molecule has 0 aliphatic rings. The molecule has 20 heavy (non-hydrogen) atoms. The van der Waals surface area contributed by atoms with Gasteiger partial charge >= 0.3 is 5.97 Å². The van der Waals surface area contributed by atoms with Crippen molar-refractivity contribution in [2.75, 3.05) is 0 Å². The Bertz CT molecular complexity index is 412. The molecule has 0 saturated carbocycles. The van der Waals surface area contributed by atoms with Gasteiger partial charge in [-0.2, -0.15) is 0 Å².